The third-order valence-electron chi connectivity index (χ3n) is 7.48. The molecule has 6 heteroatoms. The predicted molar refractivity (Wildman–Crippen MR) is 115 cm³/mol. The van der Waals surface area contributed by atoms with Crippen LogP contribution in [0.15, 0.2) is 30.3 Å². The zero-order chi connectivity index (χ0) is 21.6. The van der Waals surface area contributed by atoms with Crippen molar-refractivity contribution in [1.82, 2.24) is 15.5 Å². The first-order valence-corrected chi connectivity index (χ1v) is 11.1. The number of hydrogen-bond acceptors (Lipinski definition) is 3. The summed E-state index contributed by atoms with van der Waals surface area (Å²) in [6.07, 6.45) is 5.20. The predicted octanol–water partition coefficient (Wildman–Crippen LogP) is 3.36. The van der Waals surface area contributed by atoms with Crippen molar-refractivity contribution >= 4 is 17.8 Å². The highest BCUT2D eigenvalue weighted by Crippen LogP contribution is 2.47. The van der Waals surface area contributed by atoms with E-state index in [9.17, 15) is 14.4 Å². The van der Waals surface area contributed by atoms with E-state index in [-0.39, 0.29) is 29.2 Å². The number of carbonyl (C=O) groups excluding carboxylic acids is 3. The molecule has 0 bridgehead atoms. The summed E-state index contributed by atoms with van der Waals surface area (Å²) in [5.74, 6) is 0.0261. The first kappa shape index (κ1) is 20.9. The molecule has 30 heavy (non-hydrogen) atoms. The molecule has 1 heterocycles. The highest BCUT2D eigenvalue weighted by molar-refractivity contribution is 6.09. The van der Waals surface area contributed by atoms with E-state index in [1.54, 1.807) is 0 Å². The number of hydrogen-bond donors (Lipinski definition) is 2. The molecule has 2 saturated carbocycles. The quantitative estimate of drug-likeness (QED) is 0.729. The van der Waals surface area contributed by atoms with Gasteiger partial charge >= 0.3 is 6.03 Å². The summed E-state index contributed by atoms with van der Waals surface area (Å²) in [6.45, 7) is 7.01. The first-order valence-electron chi connectivity index (χ1n) is 11.1. The van der Waals surface area contributed by atoms with Gasteiger partial charge in [0.2, 0.25) is 5.91 Å². The number of benzene rings is 1. The van der Waals surface area contributed by atoms with Crippen molar-refractivity contribution in [3.63, 3.8) is 0 Å². The molecule has 0 atom stereocenters. The Morgan fingerprint density at radius 2 is 1.73 bits per heavy atom. The molecule has 2 aliphatic carbocycles. The van der Waals surface area contributed by atoms with Gasteiger partial charge in [0.05, 0.1) is 0 Å². The molecule has 2 N–H and O–H groups in total. The minimum Gasteiger partial charge on any atom is -0.354 e. The van der Waals surface area contributed by atoms with Crippen LogP contribution in [0.25, 0.3) is 0 Å². The van der Waals surface area contributed by atoms with E-state index in [1.165, 1.54) is 5.56 Å². The second-order valence-corrected chi connectivity index (χ2v) is 10.5. The molecule has 4 amide bonds. The van der Waals surface area contributed by atoms with E-state index in [0.29, 0.717) is 25.3 Å². The van der Waals surface area contributed by atoms with Crippen molar-refractivity contribution in [1.29, 1.82) is 0 Å². The van der Waals surface area contributed by atoms with Crippen LogP contribution in [0.5, 0.6) is 0 Å². The Balaban J connectivity index is 1.33. The molecule has 3 fully saturated rings. The Morgan fingerprint density at radius 3 is 2.30 bits per heavy atom. The number of imide groups is 1. The van der Waals surface area contributed by atoms with E-state index in [0.717, 1.165) is 30.6 Å². The minimum atomic E-state index is -0.819. The van der Waals surface area contributed by atoms with E-state index in [1.807, 2.05) is 18.2 Å². The number of carbonyl (C=O) groups is 3. The van der Waals surface area contributed by atoms with Crippen LogP contribution in [0.2, 0.25) is 0 Å². The van der Waals surface area contributed by atoms with Gasteiger partial charge in [0.15, 0.2) is 0 Å². The van der Waals surface area contributed by atoms with Crippen LogP contribution in [0.3, 0.4) is 0 Å². The molecule has 4 rings (SSSR count). The lowest BCUT2D eigenvalue weighted by atomic mass is 9.67. The molecule has 1 aromatic carbocycles. The summed E-state index contributed by atoms with van der Waals surface area (Å²) < 4.78 is 0. The molecule has 1 spiro atoms. The molecule has 1 saturated heterocycles. The van der Waals surface area contributed by atoms with Crippen LogP contribution in [0, 0.1) is 11.3 Å². The van der Waals surface area contributed by atoms with E-state index in [2.05, 4.69) is 43.5 Å². The Kier molecular flexibility index (Phi) is 5.15. The van der Waals surface area contributed by atoms with E-state index >= 15 is 0 Å². The van der Waals surface area contributed by atoms with Crippen LogP contribution in [-0.4, -0.2) is 41.4 Å². The van der Waals surface area contributed by atoms with Gasteiger partial charge in [-0.05, 0) is 55.4 Å². The van der Waals surface area contributed by atoms with Gasteiger partial charge < -0.3 is 10.6 Å². The summed E-state index contributed by atoms with van der Waals surface area (Å²) in [7, 11) is 0. The standard InChI is InChI=1S/C24H33N3O3/c1-22(2,3)17-9-11-24(12-10-17)20(29)27(21(30)26-24)15-19(28)25-16-23(13-14-23)18-7-5-4-6-8-18/h4-8,17H,9-16H2,1-3H3,(H,25,28)(H,26,30). The van der Waals surface area contributed by atoms with Gasteiger partial charge in [0.25, 0.3) is 5.91 Å². The van der Waals surface area contributed by atoms with E-state index < -0.39 is 11.6 Å². The maximum Gasteiger partial charge on any atom is 0.325 e. The Morgan fingerprint density at radius 1 is 1.10 bits per heavy atom. The molecular formula is C24H33N3O3. The monoisotopic (exact) mass is 411 g/mol. The average Bonchev–Trinajstić information content (AvgIpc) is 3.47. The van der Waals surface area contributed by atoms with Crippen LogP contribution in [-0.2, 0) is 15.0 Å². The van der Waals surface area contributed by atoms with Crippen LogP contribution in [0.4, 0.5) is 4.79 Å². The summed E-state index contributed by atoms with van der Waals surface area (Å²) in [6, 6.07) is 9.76. The number of urea groups is 1. The van der Waals surface area contributed by atoms with Crippen LogP contribution < -0.4 is 10.6 Å². The van der Waals surface area contributed by atoms with Gasteiger partial charge in [-0.3, -0.25) is 14.5 Å². The van der Waals surface area contributed by atoms with Crippen molar-refractivity contribution in [2.75, 3.05) is 13.1 Å². The normalized spacial score (nSPS) is 27.8. The number of nitrogens with one attached hydrogen (secondary N) is 2. The smallest absolute Gasteiger partial charge is 0.325 e. The van der Waals surface area contributed by atoms with Gasteiger partial charge in [-0.2, -0.15) is 0 Å². The maximum absolute atomic E-state index is 13.1. The fourth-order valence-electron chi connectivity index (χ4n) is 5.11. The van der Waals surface area contributed by atoms with Crippen molar-refractivity contribution in [2.45, 2.75) is 70.3 Å². The second-order valence-electron chi connectivity index (χ2n) is 10.5. The molecule has 6 nitrogen and oxygen atoms in total. The van der Waals surface area contributed by atoms with Gasteiger partial charge in [-0.1, -0.05) is 51.1 Å². The van der Waals surface area contributed by atoms with Gasteiger partial charge in [-0.25, -0.2) is 4.79 Å². The SMILES string of the molecule is CC(C)(C)C1CCC2(CC1)NC(=O)N(CC(=O)NCC1(c3ccccc3)CC1)C2=O. The summed E-state index contributed by atoms with van der Waals surface area (Å²) in [5, 5.41) is 5.87. The molecule has 0 radical (unpaired) electrons. The lowest BCUT2D eigenvalue weighted by Crippen LogP contribution is -2.51. The molecular weight excluding hydrogens is 378 g/mol. The van der Waals surface area contributed by atoms with Crippen molar-refractivity contribution in [2.24, 2.45) is 11.3 Å². The molecule has 162 valence electrons. The molecule has 3 aliphatic rings. The van der Waals surface area contributed by atoms with E-state index in [4.69, 9.17) is 0 Å². The van der Waals surface area contributed by atoms with Crippen molar-refractivity contribution < 1.29 is 14.4 Å². The third-order valence-corrected chi connectivity index (χ3v) is 7.48. The Labute approximate surface area is 178 Å². The van der Waals surface area contributed by atoms with Crippen LogP contribution in [0.1, 0.15) is 64.9 Å². The molecule has 1 aromatic rings. The van der Waals surface area contributed by atoms with Crippen molar-refractivity contribution in [3.05, 3.63) is 35.9 Å². The van der Waals surface area contributed by atoms with Crippen LogP contribution >= 0.6 is 0 Å². The zero-order valence-electron chi connectivity index (χ0n) is 18.3. The number of rotatable bonds is 5. The Bertz CT molecular complexity index is 831. The van der Waals surface area contributed by atoms with Crippen molar-refractivity contribution in [3.8, 4) is 0 Å². The molecule has 0 unspecified atom stereocenters. The summed E-state index contributed by atoms with van der Waals surface area (Å²) >= 11 is 0. The third kappa shape index (κ3) is 3.84. The van der Waals surface area contributed by atoms with Gasteiger partial charge in [-0.15, -0.1) is 0 Å². The largest absolute Gasteiger partial charge is 0.354 e. The number of nitrogens with zero attached hydrogens (tertiary/aromatic N) is 1. The highest BCUT2D eigenvalue weighted by atomic mass is 16.2. The first-order chi connectivity index (χ1) is 14.2. The fraction of sp³-hybridized carbons (Fsp3) is 0.625. The molecule has 0 aromatic heterocycles. The average molecular weight is 412 g/mol. The minimum absolute atomic E-state index is 0.000752. The lowest BCUT2D eigenvalue weighted by Gasteiger charge is -2.40. The Hall–Kier alpha value is -2.37. The second kappa shape index (κ2) is 7.40. The number of amides is 4. The molecule has 1 aliphatic heterocycles. The van der Waals surface area contributed by atoms with Gasteiger partial charge in [0, 0.05) is 12.0 Å². The maximum atomic E-state index is 13.1. The summed E-state index contributed by atoms with van der Waals surface area (Å²) in [5.41, 5.74) is 0.612. The van der Waals surface area contributed by atoms with Gasteiger partial charge in [0.1, 0.15) is 12.1 Å². The summed E-state index contributed by atoms with van der Waals surface area (Å²) in [4.78, 5) is 39.3. The fourth-order valence-corrected chi connectivity index (χ4v) is 5.11. The highest BCUT2D eigenvalue weighted by Gasteiger charge is 2.53. The lowest BCUT2D eigenvalue weighted by molar-refractivity contribution is -0.136. The zero-order valence-corrected chi connectivity index (χ0v) is 18.3. The topological polar surface area (TPSA) is 78.5 Å².